The van der Waals surface area contributed by atoms with Crippen molar-refractivity contribution in [2.75, 3.05) is 6.79 Å². The van der Waals surface area contributed by atoms with Gasteiger partial charge in [-0.3, -0.25) is 4.79 Å². The smallest absolute Gasteiger partial charge is 0.303 e. The number of ether oxygens (including phenoxy) is 3. The number of alkyl halides is 1. The maximum Gasteiger partial charge on any atom is 0.303 e. The number of hydrogen-bond acceptors (Lipinski definition) is 4. The molecule has 0 amide bonds. The van der Waals surface area contributed by atoms with Gasteiger partial charge in [-0.2, -0.15) is 0 Å². The number of halogens is 1. The Kier molecular flexibility index (Phi) is 3.43. The highest BCUT2D eigenvalue weighted by Gasteiger charge is 2.23. The van der Waals surface area contributed by atoms with Crippen molar-refractivity contribution in [2.24, 2.45) is 0 Å². The monoisotopic (exact) mass is 256 g/mol. The molecule has 92 valence electrons. The van der Waals surface area contributed by atoms with Crippen molar-refractivity contribution >= 4 is 17.6 Å². The van der Waals surface area contributed by atoms with E-state index in [2.05, 4.69) is 0 Å². The van der Waals surface area contributed by atoms with E-state index >= 15 is 0 Å². The molecule has 0 fully saturated rings. The van der Waals surface area contributed by atoms with Crippen LogP contribution in [0.15, 0.2) is 18.2 Å². The molecule has 2 atom stereocenters. The topological polar surface area (TPSA) is 44.8 Å². The summed E-state index contributed by atoms with van der Waals surface area (Å²) < 4.78 is 15.7. The van der Waals surface area contributed by atoms with Crippen molar-refractivity contribution in [3.05, 3.63) is 23.8 Å². The second kappa shape index (κ2) is 4.84. The highest BCUT2D eigenvalue weighted by molar-refractivity contribution is 6.20. The van der Waals surface area contributed by atoms with Gasteiger partial charge >= 0.3 is 5.97 Å². The Labute approximate surface area is 104 Å². The molecule has 0 radical (unpaired) electrons. The van der Waals surface area contributed by atoms with Crippen LogP contribution in [-0.2, 0) is 9.53 Å². The van der Waals surface area contributed by atoms with Crippen LogP contribution in [0.3, 0.4) is 0 Å². The van der Waals surface area contributed by atoms with Gasteiger partial charge in [0.05, 0.1) is 5.38 Å². The van der Waals surface area contributed by atoms with Crippen molar-refractivity contribution in [3.63, 3.8) is 0 Å². The number of benzene rings is 1. The normalized spacial score (nSPS) is 16.4. The first-order valence-corrected chi connectivity index (χ1v) is 5.72. The third kappa shape index (κ3) is 2.64. The molecule has 0 aromatic heterocycles. The number of rotatable bonds is 3. The highest BCUT2D eigenvalue weighted by atomic mass is 35.5. The van der Waals surface area contributed by atoms with Crippen molar-refractivity contribution in [2.45, 2.75) is 25.3 Å². The summed E-state index contributed by atoms with van der Waals surface area (Å²) in [6.07, 6.45) is -0.483. The first kappa shape index (κ1) is 12.0. The summed E-state index contributed by atoms with van der Waals surface area (Å²) in [5, 5.41) is -0.320. The maximum absolute atomic E-state index is 11.0. The van der Waals surface area contributed by atoms with Crippen LogP contribution < -0.4 is 9.47 Å². The molecule has 1 aliphatic rings. The summed E-state index contributed by atoms with van der Waals surface area (Å²) in [4.78, 5) is 11.0. The maximum atomic E-state index is 11.0. The molecule has 0 spiro atoms. The van der Waals surface area contributed by atoms with Crippen molar-refractivity contribution in [1.82, 2.24) is 0 Å². The van der Waals surface area contributed by atoms with Crippen molar-refractivity contribution in [1.29, 1.82) is 0 Å². The molecule has 0 saturated heterocycles. The molecule has 4 nitrogen and oxygen atoms in total. The fraction of sp³-hybridized carbons (Fsp3) is 0.417. The first-order chi connectivity index (χ1) is 8.08. The Hall–Kier alpha value is -1.42. The molecule has 0 bridgehead atoms. The summed E-state index contributed by atoms with van der Waals surface area (Å²) in [5.74, 6) is 0.981. The average molecular weight is 257 g/mol. The van der Waals surface area contributed by atoms with Gasteiger partial charge < -0.3 is 14.2 Å². The summed E-state index contributed by atoms with van der Waals surface area (Å²) in [7, 11) is 0. The van der Waals surface area contributed by atoms with Gasteiger partial charge in [0.2, 0.25) is 6.79 Å². The van der Waals surface area contributed by atoms with Gasteiger partial charge in [-0.05, 0) is 24.6 Å². The van der Waals surface area contributed by atoms with Crippen LogP contribution in [0, 0.1) is 0 Å². The van der Waals surface area contributed by atoms with Gasteiger partial charge in [0.1, 0.15) is 6.10 Å². The van der Waals surface area contributed by atoms with Crippen LogP contribution in [0.4, 0.5) is 0 Å². The summed E-state index contributed by atoms with van der Waals surface area (Å²) >= 11 is 6.02. The fourth-order valence-electron chi connectivity index (χ4n) is 1.70. The zero-order chi connectivity index (χ0) is 12.4. The lowest BCUT2D eigenvalue weighted by atomic mass is 10.1. The van der Waals surface area contributed by atoms with Gasteiger partial charge in [-0.1, -0.05) is 6.07 Å². The van der Waals surface area contributed by atoms with Crippen LogP contribution in [0.2, 0.25) is 0 Å². The van der Waals surface area contributed by atoms with Gasteiger partial charge in [0.25, 0.3) is 0 Å². The molecule has 2 rings (SSSR count). The molecule has 1 aromatic rings. The average Bonchev–Trinajstić information content (AvgIpc) is 2.72. The molecule has 1 aromatic carbocycles. The summed E-state index contributed by atoms with van der Waals surface area (Å²) in [6, 6.07) is 5.39. The minimum Gasteiger partial charge on any atom is -0.456 e. The van der Waals surface area contributed by atoms with E-state index in [1.807, 2.05) is 6.07 Å². The Bertz CT molecular complexity index is 431. The van der Waals surface area contributed by atoms with E-state index in [9.17, 15) is 4.79 Å². The number of fused-ring (bicyclic) bond motifs is 1. The second-order valence-electron chi connectivity index (χ2n) is 3.82. The molecule has 2 unspecified atom stereocenters. The molecule has 17 heavy (non-hydrogen) atoms. The molecular formula is C12H13ClO4. The Balaban J connectivity index is 2.27. The Morgan fingerprint density at radius 3 is 2.76 bits per heavy atom. The minimum atomic E-state index is -0.483. The summed E-state index contributed by atoms with van der Waals surface area (Å²) in [5.41, 5.74) is 0.798. The Morgan fingerprint density at radius 1 is 1.41 bits per heavy atom. The van der Waals surface area contributed by atoms with E-state index in [0.717, 1.165) is 5.56 Å². The summed E-state index contributed by atoms with van der Waals surface area (Å²) in [6.45, 7) is 3.35. The SMILES string of the molecule is CC(=O)OC(c1ccc2c(c1)OCO2)C(C)Cl. The van der Waals surface area contributed by atoms with E-state index < -0.39 is 6.10 Å². The van der Waals surface area contributed by atoms with Gasteiger partial charge in [0.15, 0.2) is 11.5 Å². The fourth-order valence-corrected chi connectivity index (χ4v) is 1.89. The van der Waals surface area contributed by atoms with Crippen molar-refractivity contribution < 1.29 is 19.0 Å². The number of esters is 1. The van der Waals surface area contributed by atoms with E-state index in [4.69, 9.17) is 25.8 Å². The quantitative estimate of drug-likeness (QED) is 0.616. The van der Waals surface area contributed by atoms with Crippen LogP contribution in [0.5, 0.6) is 11.5 Å². The second-order valence-corrected chi connectivity index (χ2v) is 4.51. The molecule has 5 heteroatoms. The predicted octanol–water partition coefficient (Wildman–Crippen LogP) is 2.65. The Morgan fingerprint density at radius 2 is 2.12 bits per heavy atom. The lowest BCUT2D eigenvalue weighted by molar-refractivity contribution is -0.146. The van der Waals surface area contributed by atoms with Gasteiger partial charge in [-0.15, -0.1) is 11.6 Å². The predicted molar refractivity (Wildman–Crippen MR) is 62.4 cm³/mol. The van der Waals surface area contributed by atoms with Crippen LogP contribution >= 0.6 is 11.6 Å². The molecule has 0 N–H and O–H groups in total. The third-order valence-corrected chi connectivity index (χ3v) is 2.66. The number of carbonyl (C=O) groups is 1. The van der Waals surface area contributed by atoms with Crippen LogP contribution in [0.25, 0.3) is 0 Å². The standard InChI is InChI=1S/C12H13ClO4/c1-7(13)12(17-8(2)14)9-3-4-10-11(5-9)16-6-15-10/h3-5,7,12H,6H2,1-2H3. The van der Waals surface area contributed by atoms with E-state index in [0.29, 0.717) is 11.5 Å². The molecular weight excluding hydrogens is 244 g/mol. The zero-order valence-electron chi connectivity index (χ0n) is 9.60. The third-order valence-electron chi connectivity index (χ3n) is 2.44. The first-order valence-electron chi connectivity index (χ1n) is 5.29. The molecule has 0 aliphatic carbocycles. The lowest BCUT2D eigenvalue weighted by Gasteiger charge is -2.19. The molecule has 0 saturated carbocycles. The number of carbonyl (C=O) groups excluding carboxylic acids is 1. The van der Waals surface area contributed by atoms with Crippen molar-refractivity contribution in [3.8, 4) is 11.5 Å². The zero-order valence-corrected chi connectivity index (χ0v) is 10.4. The van der Waals surface area contributed by atoms with E-state index in [-0.39, 0.29) is 18.1 Å². The molecule has 1 aliphatic heterocycles. The highest BCUT2D eigenvalue weighted by Crippen LogP contribution is 2.36. The van der Waals surface area contributed by atoms with Gasteiger partial charge in [-0.25, -0.2) is 0 Å². The van der Waals surface area contributed by atoms with E-state index in [1.165, 1.54) is 6.92 Å². The molecule has 1 heterocycles. The number of hydrogen-bond donors (Lipinski definition) is 0. The van der Waals surface area contributed by atoms with Crippen LogP contribution in [-0.4, -0.2) is 18.1 Å². The van der Waals surface area contributed by atoms with Crippen LogP contribution in [0.1, 0.15) is 25.5 Å². The van der Waals surface area contributed by atoms with Gasteiger partial charge in [0, 0.05) is 6.92 Å². The lowest BCUT2D eigenvalue weighted by Crippen LogP contribution is -2.16. The minimum absolute atomic E-state index is 0.216. The largest absolute Gasteiger partial charge is 0.456 e. The van der Waals surface area contributed by atoms with E-state index in [1.54, 1.807) is 19.1 Å².